The largest absolute Gasteiger partial charge is 0.394 e. The number of aliphatic hydroxyl groups is 8. The summed E-state index contributed by atoms with van der Waals surface area (Å²) in [5.74, 6) is -0.253. The number of allylic oxidation sites excluding steroid dienone is 5. The van der Waals surface area contributed by atoms with E-state index in [9.17, 15) is 45.6 Å². The fourth-order valence-corrected chi connectivity index (χ4v) is 9.03. The number of aliphatic hydroxyl groups excluding tert-OH is 8. The number of hydrogen-bond donors (Lipinski definition) is 9. The standard InChI is InChI=1S/C55H101NO13/c1-3-5-7-9-11-13-15-17-19-20-21-22-23-25-26-28-30-32-34-36-38-44(59)43(56-47(60)39-37-35-33-31-29-27-24-18-16-14-12-10-8-6-4-2)42-66-54-52(65)50(63)53(46(41-58)68-54)69-55-51(64)49(62)48(61)45(40-57)67-55/h12,14,18,24,36,38,43-46,48-55,57-59,61-65H,3-11,13,15-17,19-23,25-35,37,39-42H2,1-2H3,(H,56,60)/b14-12-,24-18-,38-36+. The van der Waals surface area contributed by atoms with Crippen LogP contribution in [-0.4, -0.2) is 140 Å². The average molecular weight is 984 g/mol. The normalized spacial score (nSPS) is 26.4. The summed E-state index contributed by atoms with van der Waals surface area (Å²) in [6, 6.07) is -0.921. The zero-order chi connectivity index (χ0) is 50.3. The van der Waals surface area contributed by atoms with Crippen LogP contribution >= 0.6 is 0 Å². The molecule has 0 aromatic rings. The van der Waals surface area contributed by atoms with E-state index in [-0.39, 0.29) is 18.9 Å². The average Bonchev–Trinajstić information content (AvgIpc) is 3.35. The van der Waals surface area contributed by atoms with Crippen molar-refractivity contribution in [2.24, 2.45) is 0 Å². The molecule has 12 atom stereocenters. The maximum absolute atomic E-state index is 13.2. The molecule has 404 valence electrons. The highest BCUT2D eigenvalue weighted by atomic mass is 16.7. The monoisotopic (exact) mass is 984 g/mol. The van der Waals surface area contributed by atoms with Gasteiger partial charge < -0.3 is 65.1 Å². The third kappa shape index (κ3) is 28.3. The number of carbonyl (C=O) groups is 1. The topological polar surface area (TPSA) is 228 Å². The van der Waals surface area contributed by atoms with Gasteiger partial charge in [0.25, 0.3) is 0 Å². The van der Waals surface area contributed by atoms with Crippen LogP contribution in [0.25, 0.3) is 0 Å². The fraction of sp³-hybridized carbons (Fsp3) is 0.873. The molecule has 0 spiro atoms. The first-order chi connectivity index (χ1) is 33.6. The summed E-state index contributed by atoms with van der Waals surface area (Å²) in [6.07, 6.45) is 31.8. The van der Waals surface area contributed by atoms with E-state index >= 15 is 0 Å². The van der Waals surface area contributed by atoms with Gasteiger partial charge in [-0.2, -0.15) is 0 Å². The zero-order valence-electron chi connectivity index (χ0n) is 43.1. The van der Waals surface area contributed by atoms with Crippen molar-refractivity contribution in [2.45, 2.75) is 286 Å². The van der Waals surface area contributed by atoms with E-state index in [0.29, 0.717) is 6.42 Å². The van der Waals surface area contributed by atoms with Crippen LogP contribution in [0.5, 0.6) is 0 Å². The minimum Gasteiger partial charge on any atom is -0.394 e. The number of ether oxygens (including phenoxy) is 4. The first-order valence-electron chi connectivity index (χ1n) is 27.7. The van der Waals surface area contributed by atoms with E-state index < -0.39 is 86.8 Å². The number of carbonyl (C=O) groups excluding carboxylic acids is 1. The molecular formula is C55H101NO13. The van der Waals surface area contributed by atoms with Crippen molar-refractivity contribution in [1.29, 1.82) is 0 Å². The molecule has 2 aliphatic heterocycles. The molecule has 2 fully saturated rings. The van der Waals surface area contributed by atoms with Gasteiger partial charge >= 0.3 is 0 Å². The molecule has 0 radical (unpaired) electrons. The molecule has 14 nitrogen and oxygen atoms in total. The second kappa shape index (κ2) is 41.7. The predicted molar refractivity (Wildman–Crippen MR) is 272 cm³/mol. The fourth-order valence-electron chi connectivity index (χ4n) is 9.03. The Morgan fingerprint density at radius 2 is 0.957 bits per heavy atom. The lowest BCUT2D eigenvalue weighted by Gasteiger charge is -2.46. The molecule has 0 saturated carbocycles. The van der Waals surface area contributed by atoms with Crippen molar-refractivity contribution in [1.82, 2.24) is 5.32 Å². The van der Waals surface area contributed by atoms with Crippen LogP contribution in [0.3, 0.4) is 0 Å². The van der Waals surface area contributed by atoms with E-state index in [1.165, 1.54) is 122 Å². The van der Waals surface area contributed by atoms with Gasteiger partial charge in [0.1, 0.15) is 48.8 Å². The van der Waals surface area contributed by atoms with E-state index in [2.05, 4.69) is 43.5 Å². The number of hydrogen-bond acceptors (Lipinski definition) is 13. The molecule has 0 aliphatic carbocycles. The van der Waals surface area contributed by atoms with Crippen LogP contribution in [0.1, 0.15) is 213 Å². The lowest BCUT2D eigenvalue weighted by molar-refractivity contribution is -0.359. The first kappa shape index (κ1) is 63.3. The summed E-state index contributed by atoms with van der Waals surface area (Å²) in [6.45, 7) is 2.76. The van der Waals surface area contributed by atoms with Crippen LogP contribution in [0.4, 0.5) is 0 Å². The van der Waals surface area contributed by atoms with Crippen molar-refractivity contribution in [2.75, 3.05) is 19.8 Å². The molecule has 2 rings (SSSR count). The van der Waals surface area contributed by atoms with Crippen LogP contribution in [0.15, 0.2) is 36.5 Å². The summed E-state index contributed by atoms with van der Waals surface area (Å²) in [5.41, 5.74) is 0. The van der Waals surface area contributed by atoms with Crippen molar-refractivity contribution in [3.8, 4) is 0 Å². The molecule has 69 heavy (non-hydrogen) atoms. The summed E-state index contributed by atoms with van der Waals surface area (Å²) < 4.78 is 22.7. The SMILES string of the molecule is CCCCC/C=C\C/C=C\CCCCCCCC(=O)NC(COC1OC(CO)C(OC2OC(CO)C(O)C(O)C2O)C(O)C1O)C(O)/C=C/CCCCCCCCCCCCCCCCCCCC. The Kier molecular flexibility index (Phi) is 38.2. The molecule has 9 N–H and O–H groups in total. The van der Waals surface area contributed by atoms with Gasteiger partial charge in [-0.25, -0.2) is 0 Å². The van der Waals surface area contributed by atoms with Crippen molar-refractivity contribution in [3.63, 3.8) is 0 Å². The Balaban J connectivity index is 1.82. The molecule has 2 heterocycles. The number of amides is 1. The molecule has 0 aromatic heterocycles. The van der Waals surface area contributed by atoms with Crippen LogP contribution in [0, 0.1) is 0 Å². The van der Waals surface area contributed by atoms with Gasteiger partial charge in [-0.15, -0.1) is 0 Å². The Bertz CT molecular complexity index is 1300. The highest BCUT2D eigenvalue weighted by Gasteiger charge is 2.51. The quantitative estimate of drug-likeness (QED) is 0.0207. The van der Waals surface area contributed by atoms with E-state index in [4.69, 9.17) is 18.9 Å². The molecule has 14 heteroatoms. The molecule has 2 aliphatic rings. The minimum absolute atomic E-state index is 0.253. The van der Waals surface area contributed by atoms with Gasteiger partial charge in [-0.05, 0) is 51.4 Å². The Morgan fingerprint density at radius 1 is 0.522 bits per heavy atom. The molecule has 12 unspecified atom stereocenters. The van der Waals surface area contributed by atoms with E-state index in [0.717, 1.165) is 64.2 Å². The molecule has 0 bridgehead atoms. The van der Waals surface area contributed by atoms with E-state index in [1.54, 1.807) is 6.08 Å². The Hall–Kier alpha value is -1.79. The third-order valence-electron chi connectivity index (χ3n) is 13.6. The van der Waals surface area contributed by atoms with Crippen LogP contribution < -0.4 is 5.32 Å². The number of unbranched alkanes of at least 4 members (excludes halogenated alkanes) is 26. The Morgan fingerprint density at radius 3 is 1.48 bits per heavy atom. The molecule has 1 amide bonds. The van der Waals surface area contributed by atoms with Crippen LogP contribution in [-0.2, 0) is 23.7 Å². The Labute approximate surface area is 417 Å². The lowest BCUT2D eigenvalue weighted by atomic mass is 9.97. The van der Waals surface area contributed by atoms with Crippen molar-refractivity contribution in [3.05, 3.63) is 36.5 Å². The van der Waals surface area contributed by atoms with Gasteiger partial charge in [-0.3, -0.25) is 4.79 Å². The maximum Gasteiger partial charge on any atom is 0.220 e. The second-order valence-corrected chi connectivity index (χ2v) is 19.7. The number of nitrogens with one attached hydrogen (secondary N) is 1. The second-order valence-electron chi connectivity index (χ2n) is 19.7. The summed E-state index contributed by atoms with van der Waals surface area (Å²) >= 11 is 0. The van der Waals surface area contributed by atoms with Crippen molar-refractivity contribution >= 4 is 5.91 Å². The summed E-state index contributed by atoms with van der Waals surface area (Å²) in [7, 11) is 0. The lowest BCUT2D eigenvalue weighted by Crippen LogP contribution is -2.65. The van der Waals surface area contributed by atoms with Crippen LogP contribution in [0.2, 0.25) is 0 Å². The molecule has 0 aromatic carbocycles. The minimum atomic E-state index is -1.79. The molecule has 2 saturated heterocycles. The smallest absolute Gasteiger partial charge is 0.220 e. The summed E-state index contributed by atoms with van der Waals surface area (Å²) in [5, 5.41) is 86.9. The van der Waals surface area contributed by atoms with Crippen molar-refractivity contribution < 1.29 is 64.6 Å². The highest BCUT2D eigenvalue weighted by Crippen LogP contribution is 2.30. The maximum atomic E-state index is 13.2. The van der Waals surface area contributed by atoms with Gasteiger partial charge in [0, 0.05) is 6.42 Å². The van der Waals surface area contributed by atoms with Gasteiger partial charge in [0.05, 0.1) is 32.0 Å². The van der Waals surface area contributed by atoms with Gasteiger partial charge in [-0.1, -0.05) is 192 Å². The summed E-state index contributed by atoms with van der Waals surface area (Å²) in [4.78, 5) is 13.2. The first-order valence-corrected chi connectivity index (χ1v) is 27.7. The highest BCUT2D eigenvalue weighted by molar-refractivity contribution is 5.76. The number of rotatable bonds is 43. The van der Waals surface area contributed by atoms with E-state index in [1.807, 2.05) is 6.08 Å². The molecular weight excluding hydrogens is 883 g/mol. The third-order valence-corrected chi connectivity index (χ3v) is 13.6. The predicted octanol–water partition coefficient (Wildman–Crippen LogP) is 8.27. The zero-order valence-corrected chi connectivity index (χ0v) is 43.1. The van der Waals surface area contributed by atoms with Gasteiger partial charge in [0.2, 0.25) is 5.91 Å². The van der Waals surface area contributed by atoms with Gasteiger partial charge in [0.15, 0.2) is 12.6 Å².